The first-order chi connectivity index (χ1) is 10.7. The van der Waals surface area contributed by atoms with Gasteiger partial charge in [-0.1, -0.05) is 0 Å². The quantitative estimate of drug-likeness (QED) is 0.829. The van der Waals surface area contributed by atoms with E-state index in [1.165, 1.54) is 6.92 Å². The minimum absolute atomic E-state index is 0.0892. The summed E-state index contributed by atoms with van der Waals surface area (Å²) in [6.07, 6.45) is -1.09. The maximum absolute atomic E-state index is 13.4. The van der Waals surface area contributed by atoms with Crippen LogP contribution in [-0.4, -0.2) is 37.9 Å². The molecule has 1 saturated heterocycles. The van der Waals surface area contributed by atoms with E-state index >= 15 is 0 Å². The Balaban J connectivity index is 1.93. The van der Waals surface area contributed by atoms with Gasteiger partial charge in [0.05, 0.1) is 23.1 Å². The lowest BCUT2D eigenvalue weighted by molar-refractivity contribution is -0.156. The zero-order valence-electron chi connectivity index (χ0n) is 12.2. The summed E-state index contributed by atoms with van der Waals surface area (Å²) in [6, 6.07) is 2.62. The monoisotopic (exact) mass is 347 g/mol. The summed E-state index contributed by atoms with van der Waals surface area (Å²) in [5, 5.41) is 2.17. The van der Waals surface area contributed by atoms with Crippen molar-refractivity contribution in [3.05, 3.63) is 29.8 Å². The van der Waals surface area contributed by atoms with Gasteiger partial charge in [-0.15, -0.1) is 0 Å². The van der Waals surface area contributed by atoms with Crippen LogP contribution >= 0.6 is 0 Å². The Bertz CT molecular complexity index is 735. The molecular formula is C14H15F2NO5S. The van der Waals surface area contributed by atoms with Gasteiger partial charge in [0.25, 0.3) is 5.91 Å². The molecular weight excluding hydrogens is 332 g/mol. The van der Waals surface area contributed by atoms with E-state index in [4.69, 9.17) is 4.74 Å². The summed E-state index contributed by atoms with van der Waals surface area (Å²) in [6.45, 7) is 1.28. The van der Waals surface area contributed by atoms with Crippen LogP contribution in [0.25, 0.3) is 0 Å². The van der Waals surface area contributed by atoms with Gasteiger partial charge in [0.1, 0.15) is 11.6 Å². The number of carbonyl (C=O) groups is 2. The largest absolute Gasteiger partial charge is 0.452 e. The lowest BCUT2D eigenvalue weighted by atomic mass is 10.1. The zero-order chi connectivity index (χ0) is 17.2. The summed E-state index contributed by atoms with van der Waals surface area (Å²) in [4.78, 5) is 23.7. The van der Waals surface area contributed by atoms with Crippen molar-refractivity contribution in [3.8, 4) is 0 Å². The number of ether oxygens (including phenoxy) is 1. The summed E-state index contributed by atoms with van der Waals surface area (Å²) in [5.41, 5.74) is -0.247. The fourth-order valence-corrected chi connectivity index (χ4v) is 3.86. The summed E-state index contributed by atoms with van der Waals surface area (Å²) in [7, 11) is -3.24. The third-order valence-electron chi connectivity index (χ3n) is 3.42. The van der Waals surface area contributed by atoms with Crippen LogP contribution in [0, 0.1) is 17.6 Å². The molecule has 0 radical (unpaired) electrons. The minimum atomic E-state index is -3.24. The van der Waals surface area contributed by atoms with Crippen molar-refractivity contribution in [2.45, 2.75) is 19.4 Å². The molecule has 1 heterocycles. The first kappa shape index (κ1) is 17.3. The van der Waals surface area contributed by atoms with Gasteiger partial charge in [-0.05, 0) is 25.5 Å². The van der Waals surface area contributed by atoms with E-state index in [2.05, 4.69) is 5.32 Å². The standard InChI is InChI=1S/C14H15F2NO5S/c1-8(22-14(19)9-4-5-23(20,21)7-9)13(18)17-12-3-2-10(15)6-11(12)16/h2-3,6,8-9H,4-5,7H2,1H3,(H,17,18). The van der Waals surface area contributed by atoms with Crippen molar-refractivity contribution in [2.24, 2.45) is 5.92 Å². The van der Waals surface area contributed by atoms with Crippen molar-refractivity contribution in [3.63, 3.8) is 0 Å². The Labute approximate surface area is 131 Å². The van der Waals surface area contributed by atoms with Crippen LogP contribution in [0.5, 0.6) is 0 Å². The van der Waals surface area contributed by atoms with Gasteiger partial charge >= 0.3 is 5.97 Å². The van der Waals surface area contributed by atoms with Crippen LogP contribution in [0.4, 0.5) is 14.5 Å². The molecule has 1 aliphatic heterocycles. The highest BCUT2D eigenvalue weighted by Gasteiger charge is 2.35. The second kappa shape index (κ2) is 6.61. The predicted octanol–water partition coefficient (Wildman–Crippen LogP) is 1.27. The van der Waals surface area contributed by atoms with Crippen molar-refractivity contribution < 1.29 is 31.5 Å². The average molecular weight is 347 g/mol. The fraction of sp³-hybridized carbons (Fsp3) is 0.429. The lowest BCUT2D eigenvalue weighted by Crippen LogP contribution is -2.32. The molecule has 1 aromatic carbocycles. The molecule has 1 fully saturated rings. The molecule has 1 amide bonds. The molecule has 1 N–H and O–H groups in total. The first-order valence-corrected chi connectivity index (χ1v) is 8.67. The van der Waals surface area contributed by atoms with E-state index < -0.39 is 45.4 Å². The third kappa shape index (κ3) is 4.47. The SMILES string of the molecule is CC(OC(=O)C1CCS(=O)(=O)C1)C(=O)Nc1ccc(F)cc1F. The molecule has 2 unspecified atom stereocenters. The van der Waals surface area contributed by atoms with Crippen LogP contribution in [0.2, 0.25) is 0 Å². The van der Waals surface area contributed by atoms with Gasteiger partial charge in [-0.2, -0.15) is 0 Å². The van der Waals surface area contributed by atoms with E-state index in [9.17, 15) is 26.8 Å². The van der Waals surface area contributed by atoms with Gasteiger partial charge in [-0.3, -0.25) is 9.59 Å². The number of esters is 1. The van der Waals surface area contributed by atoms with Crippen LogP contribution in [0.15, 0.2) is 18.2 Å². The number of carbonyl (C=O) groups excluding carboxylic acids is 2. The summed E-state index contributed by atoms with van der Waals surface area (Å²) >= 11 is 0. The van der Waals surface area contributed by atoms with Crippen LogP contribution < -0.4 is 5.32 Å². The van der Waals surface area contributed by atoms with Crippen LogP contribution in [0.1, 0.15) is 13.3 Å². The Hall–Kier alpha value is -2.03. The number of hydrogen-bond donors (Lipinski definition) is 1. The molecule has 1 aliphatic rings. The summed E-state index contributed by atoms with van der Waals surface area (Å²) < 4.78 is 53.8. The number of amides is 1. The normalized spacial score (nSPS) is 20.7. The number of anilines is 1. The van der Waals surface area contributed by atoms with E-state index in [-0.39, 0.29) is 23.6 Å². The predicted molar refractivity (Wildman–Crippen MR) is 77.3 cm³/mol. The Morgan fingerprint density at radius 1 is 1.35 bits per heavy atom. The highest BCUT2D eigenvalue weighted by Crippen LogP contribution is 2.21. The molecule has 9 heteroatoms. The fourth-order valence-electron chi connectivity index (χ4n) is 2.13. The van der Waals surface area contributed by atoms with Crippen molar-refractivity contribution in [1.82, 2.24) is 0 Å². The Morgan fingerprint density at radius 3 is 2.61 bits per heavy atom. The van der Waals surface area contributed by atoms with E-state index in [0.29, 0.717) is 6.07 Å². The van der Waals surface area contributed by atoms with Crippen LogP contribution in [0.3, 0.4) is 0 Å². The van der Waals surface area contributed by atoms with Gasteiger partial charge in [0.2, 0.25) is 0 Å². The molecule has 126 valence electrons. The smallest absolute Gasteiger partial charge is 0.310 e. The number of rotatable bonds is 4. The maximum atomic E-state index is 13.4. The Kier molecular flexibility index (Phi) is 4.98. The number of hydrogen-bond acceptors (Lipinski definition) is 5. The topological polar surface area (TPSA) is 89.5 Å². The lowest BCUT2D eigenvalue weighted by Gasteiger charge is -2.16. The minimum Gasteiger partial charge on any atom is -0.452 e. The number of nitrogens with one attached hydrogen (secondary N) is 1. The number of halogens is 2. The summed E-state index contributed by atoms with van der Waals surface area (Å²) in [5.74, 6) is -4.52. The molecule has 0 aliphatic carbocycles. The molecule has 0 bridgehead atoms. The molecule has 1 aromatic rings. The van der Waals surface area contributed by atoms with E-state index in [0.717, 1.165) is 12.1 Å². The van der Waals surface area contributed by atoms with E-state index in [1.54, 1.807) is 0 Å². The van der Waals surface area contributed by atoms with Crippen molar-refractivity contribution in [1.29, 1.82) is 0 Å². The van der Waals surface area contributed by atoms with Gasteiger partial charge in [0.15, 0.2) is 15.9 Å². The molecule has 0 aromatic heterocycles. The highest BCUT2D eigenvalue weighted by molar-refractivity contribution is 7.91. The average Bonchev–Trinajstić information content (AvgIpc) is 2.82. The zero-order valence-corrected chi connectivity index (χ0v) is 13.0. The highest BCUT2D eigenvalue weighted by atomic mass is 32.2. The first-order valence-electron chi connectivity index (χ1n) is 6.85. The molecule has 2 atom stereocenters. The second-order valence-corrected chi connectivity index (χ2v) is 7.52. The van der Waals surface area contributed by atoms with Crippen molar-refractivity contribution in [2.75, 3.05) is 16.8 Å². The van der Waals surface area contributed by atoms with Gasteiger partial charge in [0, 0.05) is 6.07 Å². The Morgan fingerprint density at radius 2 is 2.04 bits per heavy atom. The van der Waals surface area contributed by atoms with Crippen LogP contribution in [-0.2, 0) is 24.2 Å². The molecule has 23 heavy (non-hydrogen) atoms. The molecule has 2 rings (SSSR count). The maximum Gasteiger partial charge on any atom is 0.310 e. The molecule has 0 spiro atoms. The van der Waals surface area contributed by atoms with Gasteiger partial charge < -0.3 is 10.1 Å². The van der Waals surface area contributed by atoms with Crippen molar-refractivity contribution >= 4 is 27.4 Å². The van der Waals surface area contributed by atoms with Gasteiger partial charge in [-0.25, -0.2) is 17.2 Å². The molecule has 6 nitrogen and oxygen atoms in total. The second-order valence-electron chi connectivity index (χ2n) is 5.29. The third-order valence-corrected chi connectivity index (χ3v) is 5.18. The number of benzene rings is 1. The van der Waals surface area contributed by atoms with E-state index in [1.807, 2.05) is 0 Å². The molecule has 0 saturated carbocycles. The number of sulfone groups is 1.